The van der Waals surface area contributed by atoms with Crippen LogP contribution in [0.15, 0.2) is 36.5 Å². The topological polar surface area (TPSA) is 79.3 Å². The molecule has 2 aromatic rings. The van der Waals surface area contributed by atoms with Crippen molar-refractivity contribution in [3.05, 3.63) is 63.4 Å². The molecular weight excluding hydrogens is 315 g/mol. The number of nitrogens with zero attached hydrogens (tertiary/aromatic N) is 1. The fourth-order valence-corrected chi connectivity index (χ4v) is 1.98. The Hall–Kier alpha value is -2.11. The predicted octanol–water partition coefficient (Wildman–Crippen LogP) is 3.02. The molecule has 7 heteroatoms. The first-order chi connectivity index (χ1) is 9.97. The molecule has 21 heavy (non-hydrogen) atoms. The van der Waals surface area contributed by atoms with E-state index < -0.39 is 5.97 Å². The Bertz CT molecular complexity index is 687. The summed E-state index contributed by atoms with van der Waals surface area (Å²) in [6.07, 6.45) is 1.39. The maximum Gasteiger partial charge on any atom is 0.354 e. The van der Waals surface area contributed by atoms with Gasteiger partial charge in [0.05, 0.1) is 10.6 Å². The van der Waals surface area contributed by atoms with Gasteiger partial charge in [-0.25, -0.2) is 9.78 Å². The predicted molar refractivity (Wildman–Crippen MR) is 78.8 cm³/mol. The third-order valence-corrected chi connectivity index (χ3v) is 3.23. The number of carbonyl (C=O) groups excluding carboxylic acids is 1. The summed E-state index contributed by atoms with van der Waals surface area (Å²) in [5, 5.41) is 12.1. The maximum absolute atomic E-state index is 12.0. The van der Waals surface area contributed by atoms with Gasteiger partial charge < -0.3 is 10.4 Å². The average molecular weight is 325 g/mol. The van der Waals surface area contributed by atoms with E-state index in [2.05, 4.69) is 10.3 Å². The van der Waals surface area contributed by atoms with Crippen LogP contribution in [0.3, 0.4) is 0 Å². The largest absolute Gasteiger partial charge is 0.477 e. The molecule has 5 nitrogen and oxygen atoms in total. The van der Waals surface area contributed by atoms with Gasteiger partial charge in [0.25, 0.3) is 5.91 Å². The molecule has 0 unspecified atom stereocenters. The second-order valence-corrected chi connectivity index (χ2v) is 5.01. The van der Waals surface area contributed by atoms with E-state index in [-0.39, 0.29) is 23.7 Å². The summed E-state index contributed by atoms with van der Waals surface area (Å²) in [5.41, 5.74) is 0.897. The normalized spacial score (nSPS) is 10.2. The van der Waals surface area contributed by atoms with Crippen molar-refractivity contribution < 1.29 is 14.7 Å². The lowest BCUT2D eigenvalue weighted by Crippen LogP contribution is -2.23. The fraction of sp³-hybridized carbons (Fsp3) is 0.0714. The van der Waals surface area contributed by atoms with Gasteiger partial charge in [-0.1, -0.05) is 29.3 Å². The minimum absolute atomic E-state index is 0.0528. The number of amides is 1. The third kappa shape index (κ3) is 3.93. The van der Waals surface area contributed by atoms with Crippen LogP contribution in [0.25, 0.3) is 0 Å². The second kappa shape index (κ2) is 6.56. The van der Waals surface area contributed by atoms with E-state index in [1.165, 1.54) is 18.3 Å². The Morgan fingerprint density at radius 2 is 1.95 bits per heavy atom. The highest BCUT2D eigenvalue weighted by molar-refractivity contribution is 6.35. The number of benzene rings is 1. The van der Waals surface area contributed by atoms with Crippen LogP contribution in [0, 0.1) is 0 Å². The third-order valence-electron chi connectivity index (χ3n) is 2.67. The smallest absolute Gasteiger partial charge is 0.354 e. The van der Waals surface area contributed by atoms with Gasteiger partial charge in [-0.2, -0.15) is 0 Å². The SMILES string of the molecule is O=C(O)c1ccc(CNC(=O)c2cc(Cl)ccc2Cl)cn1. The van der Waals surface area contributed by atoms with E-state index in [1.807, 2.05) is 0 Å². The lowest BCUT2D eigenvalue weighted by Gasteiger charge is -2.07. The minimum atomic E-state index is -1.10. The summed E-state index contributed by atoms with van der Waals surface area (Å²) in [4.78, 5) is 26.4. The molecule has 2 N–H and O–H groups in total. The average Bonchev–Trinajstić information content (AvgIpc) is 2.47. The number of hydrogen-bond donors (Lipinski definition) is 2. The van der Waals surface area contributed by atoms with Crippen LogP contribution in [-0.2, 0) is 6.54 Å². The monoisotopic (exact) mass is 324 g/mol. The van der Waals surface area contributed by atoms with E-state index >= 15 is 0 Å². The zero-order valence-corrected chi connectivity index (χ0v) is 12.1. The van der Waals surface area contributed by atoms with Gasteiger partial charge in [0, 0.05) is 17.8 Å². The summed E-state index contributed by atoms with van der Waals surface area (Å²) in [5.74, 6) is -1.47. The summed E-state index contributed by atoms with van der Waals surface area (Å²) in [6.45, 7) is 0.203. The summed E-state index contributed by atoms with van der Waals surface area (Å²) < 4.78 is 0. The molecule has 1 aromatic carbocycles. The highest BCUT2D eigenvalue weighted by Crippen LogP contribution is 2.20. The van der Waals surface area contributed by atoms with Crippen molar-refractivity contribution in [2.24, 2.45) is 0 Å². The van der Waals surface area contributed by atoms with Gasteiger partial charge >= 0.3 is 5.97 Å². The minimum Gasteiger partial charge on any atom is -0.477 e. The number of aromatic nitrogens is 1. The van der Waals surface area contributed by atoms with Crippen molar-refractivity contribution in [1.29, 1.82) is 0 Å². The van der Waals surface area contributed by atoms with Gasteiger partial charge in [0.15, 0.2) is 0 Å². The molecule has 0 atom stereocenters. The maximum atomic E-state index is 12.0. The fourth-order valence-electron chi connectivity index (χ4n) is 1.60. The van der Waals surface area contributed by atoms with Crippen molar-refractivity contribution in [3.8, 4) is 0 Å². The van der Waals surface area contributed by atoms with Crippen molar-refractivity contribution in [3.63, 3.8) is 0 Å². The van der Waals surface area contributed by atoms with Crippen molar-refractivity contribution in [2.45, 2.75) is 6.54 Å². The number of pyridine rings is 1. The Morgan fingerprint density at radius 1 is 1.19 bits per heavy atom. The molecule has 0 radical (unpaired) electrons. The molecule has 0 aliphatic heterocycles. The zero-order chi connectivity index (χ0) is 15.4. The van der Waals surface area contributed by atoms with Crippen LogP contribution < -0.4 is 5.32 Å². The molecule has 0 aliphatic rings. The Kier molecular flexibility index (Phi) is 4.77. The van der Waals surface area contributed by atoms with Gasteiger partial charge in [0.1, 0.15) is 5.69 Å². The summed E-state index contributed by atoms with van der Waals surface area (Å²) in [7, 11) is 0. The molecule has 108 valence electrons. The Morgan fingerprint density at radius 3 is 2.57 bits per heavy atom. The zero-order valence-electron chi connectivity index (χ0n) is 10.6. The van der Waals surface area contributed by atoms with Crippen LogP contribution in [0.2, 0.25) is 10.0 Å². The number of carbonyl (C=O) groups is 2. The quantitative estimate of drug-likeness (QED) is 0.906. The summed E-state index contributed by atoms with van der Waals surface area (Å²) in [6, 6.07) is 7.56. The molecule has 0 spiro atoms. The van der Waals surface area contributed by atoms with Crippen LogP contribution in [0.1, 0.15) is 26.4 Å². The number of carboxylic acids is 1. The number of hydrogen-bond acceptors (Lipinski definition) is 3. The first-order valence-corrected chi connectivity index (χ1v) is 6.64. The van der Waals surface area contributed by atoms with Crippen LogP contribution >= 0.6 is 23.2 Å². The number of carboxylic acid groups (broad SMARTS) is 1. The van der Waals surface area contributed by atoms with Gasteiger partial charge in [0.2, 0.25) is 0 Å². The van der Waals surface area contributed by atoms with Crippen molar-refractivity contribution >= 4 is 35.1 Å². The number of nitrogens with one attached hydrogen (secondary N) is 1. The Labute approximate surface area is 130 Å². The highest BCUT2D eigenvalue weighted by atomic mass is 35.5. The van der Waals surface area contributed by atoms with Gasteiger partial charge in [-0.05, 0) is 29.8 Å². The molecule has 0 bridgehead atoms. The highest BCUT2D eigenvalue weighted by Gasteiger charge is 2.11. The standard InChI is InChI=1S/C14H10Cl2N2O3/c15-9-2-3-11(16)10(5-9)13(19)18-7-8-1-4-12(14(20)21)17-6-8/h1-6H,7H2,(H,18,19)(H,20,21). The van der Waals surface area contributed by atoms with Gasteiger partial charge in [-0.15, -0.1) is 0 Å². The molecule has 0 aliphatic carbocycles. The number of halogens is 2. The number of aromatic carboxylic acids is 1. The van der Waals surface area contributed by atoms with Crippen LogP contribution in [0.5, 0.6) is 0 Å². The number of rotatable bonds is 4. The molecule has 1 heterocycles. The first kappa shape index (κ1) is 15.3. The van der Waals surface area contributed by atoms with Crippen molar-refractivity contribution in [1.82, 2.24) is 10.3 Å². The van der Waals surface area contributed by atoms with Crippen LogP contribution in [0.4, 0.5) is 0 Å². The molecule has 2 rings (SSSR count). The second-order valence-electron chi connectivity index (χ2n) is 4.16. The van der Waals surface area contributed by atoms with E-state index in [4.69, 9.17) is 28.3 Å². The summed E-state index contributed by atoms with van der Waals surface area (Å²) >= 11 is 11.8. The molecule has 0 saturated heterocycles. The Balaban J connectivity index is 2.04. The first-order valence-electron chi connectivity index (χ1n) is 5.89. The van der Waals surface area contributed by atoms with Crippen LogP contribution in [-0.4, -0.2) is 22.0 Å². The van der Waals surface area contributed by atoms with E-state index in [0.29, 0.717) is 15.6 Å². The molecular formula is C14H10Cl2N2O3. The molecule has 1 amide bonds. The van der Waals surface area contributed by atoms with E-state index in [1.54, 1.807) is 18.2 Å². The molecule has 1 aromatic heterocycles. The molecule has 0 saturated carbocycles. The molecule has 0 fully saturated rings. The van der Waals surface area contributed by atoms with Crippen molar-refractivity contribution in [2.75, 3.05) is 0 Å². The lowest BCUT2D eigenvalue weighted by molar-refractivity contribution is 0.0690. The van der Waals surface area contributed by atoms with E-state index in [9.17, 15) is 9.59 Å². The van der Waals surface area contributed by atoms with Gasteiger partial charge in [-0.3, -0.25) is 4.79 Å². The lowest BCUT2D eigenvalue weighted by atomic mass is 10.2. The van der Waals surface area contributed by atoms with E-state index in [0.717, 1.165) is 0 Å².